The van der Waals surface area contributed by atoms with Crippen molar-refractivity contribution in [3.63, 3.8) is 0 Å². The zero-order valence-electron chi connectivity index (χ0n) is 10.6. The van der Waals surface area contributed by atoms with E-state index in [2.05, 4.69) is 11.4 Å². The van der Waals surface area contributed by atoms with E-state index < -0.39 is 0 Å². The van der Waals surface area contributed by atoms with Crippen LogP contribution in [0.15, 0.2) is 24.3 Å². The third-order valence-electron chi connectivity index (χ3n) is 2.87. The second-order valence-corrected chi connectivity index (χ2v) is 4.97. The molecule has 0 heterocycles. The summed E-state index contributed by atoms with van der Waals surface area (Å²) in [6.07, 6.45) is 0.801. The van der Waals surface area contributed by atoms with Gasteiger partial charge in [-0.2, -0.15) is 5.26 Å². The predicted octanol–water partition coefficient (Wildman–Crippen LogP) is 3.42. The fraction of sp³-hybridized carbons (Fsp3) is 0.500. The quantitative estimate of drug-likeness (QED) is 0.847. The van der Waals surface area contributed by atoms with Gasteiger partial charge in [-0.25, -0.2) is 4.39 Å². The van der Waals surface area contributed by atoms with Gasteiger partial charge < -0.3 is 5.32 Å². The number of nitriles is 1. The fourth-order valence-electron chi connectivity index (χ4n) is 1.53. The lowest BCUT2D eigenvalue weighted by molar-refractivity contribution is 0.416. The maximum absolute atomic E-state index is 12.7. The molecule has 0 saturated heterocycles. The molecule has 1 unspecified atom stereocenters. The van der Waals surface area contributed by atoms with Gasteiger partial charge in [-0.1, -0.05) is 12.1 Å². The highest BCUT2D eigenvalue weighted by molar-refractivity contribution is 5.19. The van der Waals surface area contributed by atoms with Gasteiger partial charge in [-0.3, -0.25) is 0 Å². The summed E-state index contributed by atoms with van der Waals surface area (Å²) in [6, 6.07) is 8.93. The lowest BCUT2D eigenvalue weighted by Gasteiger charge is -2.18. The molecule has 0 aromatic heterocycles. The van der Waals surface area contributed by atoms with Crippen molar-refractivity contribution in [1.29, 1.82) is 5.26 Å². The molecule has 1 rings (SSSR count). The Labute approximate surface area is 102 Å². The Balaban J connectivity index is 2.43. The van der Waals surface area contributed by atoms with Crippen molar-refractivity contribution in [3.05, 3.63) is 35.6 Å². The van der Waals surface area contributed by atoms with E-state index in [4.69, 9.17) is 5.26 Å². The highest BCUT2D eigenvalue weighted by Crippen LogP contribution is 2.19. The highest BCUT2D eigenvalue weighted by atomic mass is 19.1. The van der Waals surface area contributed by atoms with Crippen LogP contribution < -0.4 is 5.32 Å². The maximum Gasteiger partial charge on any atom is 0.123 e. The second-order valence-electron chi connectivity index (χ2n) is 4.97. The van der Waals surface area contributed by atoms with Crippen LogP contribution in [0.2, 0.25) is 0 Å². The van der Waals surface area contributed by atoms with E-state index in [1.807, 2.05) is 20.8 Å². The number of nitrogens with one attached hydrogen (secondary N) is 1. The van der Waals surface area contributed by atoms with Crippen molar-refractivity contribution >= 4 is 0 Å². The SMILES string of the molecule is CC(NCCC(C)(C)C#N)c1ccc(F)cc1. The van der Waals surface area contributed by atoms with E-state index >= 15 is 0 Å². The summed E-state index contributed by atoms with van der Waals surface area (Å²) in [7, 11) is 0. The van der Waals surface area contributed by atoms with Crippen LogP contribution in [-0.2, 0) is 0 Å². The lowest BCUT2D eigenvalue weighted by atomic mass is 9.91. The van der Waals surface area contributed by atoms with Gasteiger partial charge in [0.25, 0.3) is 0 Å². The molecular formula is C14H19FN2. The number of rotatable bonds is 5. The van der Waals surface area contributed by atoms with Gasteiger partial charge >= 0.3 is 0 Å². The van der Waals surface area contributed by atoms with Crippen LogP contribution in [0.4, 0.5) is 4.39 Å². The van der Waals surface area contributed by atoms with Crippen molar-refractivity contribution in [2.75, 3.05) is 6.54 Å². The van der Waals surface area contributed by atoms with E-state index in [1.165, 1.54) is 12.1 Å². The number of nitrogens with zero attached hydrogens (tertiary/aromatic N) is 1. The van der Waals surface area contributed by atoms with E-state index in [0.29, 0.717) is 0 Å². The van der Waals surface area contributed by atoms with Crippen LogP contribution in [0, 0.1) is 22.6 Å². The van der Waals surface area contributed by atoms with Gasteiger partial charge in [0.1, 0.15) is 5.82 Å². The third kappa shape index (κ3) is 4.54. The minimum atomic E-state index is -0.296. The van der Waals surface area contributed by atoms with E-state index in [1.54, 1.807) is 12.1 Å². The molecule has 0 aliphatic carbocycles. The van der Waals surface area contributed by atoms with Crippen LogP contribution in [0.1, 0.15) is 38.8 Å². The first kappa shape index (κ1) is 13.7. The van der Waals surface area contributed by atoms with Gasteiger partial charge in [-0.15, -0.1) is 0 Å². The molecule has 1 aromatic carbocycles. The molecule has 0 aliphatic heterocycles. The molecule has 0 radical (unpaired) electrons. The molecular weight excluding hydrogens is 215 g/mol. The molecule has 1 atom stereocenters. The first-order valence-electron chi connectivity index (χ1n) is 5.85. The van der Waals surface area contributed by atoms with Gasteiger partial charge in [-0.05, 0) is 51.4 Å². The van der Waals surface area contributed by atoms with Crippen LogP contribution in [0.3, 0.4) is 0 Å². The molecule has 0 amide bonds. The average molecular weight is 234 g/mol. The molecule has 2 nitrogen and oxygen atoms in total. The van der Waals surface area contributed by atoms with Crippen molar-refractivity contribution in [1.82, 2.24) is 5.32 Å². The van der Waals surface area contributed by atoms with E-state index in [9.17, 15) is 4.39 Å². The molecule has 0 bridgehead atoms. The Morgan fingerprint density at radius 3 is 2.47 bits per heavy atom. The fourth-order valence-corrected chi connectivity index (χ4v) is 1.53. The Hall–Kier alpha value is -1.40. The summed E-state index contributed by atoms with van der Waals surface area (Å²) in [4.78, 5) is 0. The lowest BCUT2D eigenvalue weighted by Crippen LogP contribution is -2.24. The molecule has 1 N–H and O–H groups in total. The van der Waals surface area contributed by atoms with Crippen LogP contribution >= 0.6 is 0 Å². The number of hydrogen-bond donors (Lipinski definition) is 1. The highest BCUT2D eigenvalue weighted by Gasteiger charge is 2.16. The molecule has 17 heavy (non-hydrogen) atoms. The zero-order valence-corrected chi connectivity index (χ0v) is 10.6. The molecule has 0 saturated carbocycles. The van der Waals surface area contributed by atoms with Crippen molar-refractivity contribution in [2.45, 2.75) is 33.2 Å². The molecule has 0 spiro atoms. The summed E-state index contributed by atoms with van der Waals surface area (Å²) in [5, 5.41) is 12.2. The maximum atomic E-state index is 12.7. The monoisotopic (exact) mass is 234 g/mol. The van der Waals surface area contributed by atoms with E-state index in [0.717, 1.165) is 18.5 Å². The summed E-state index contributed by atoms with van der Waals surface area (Å²) >= 11 is 0. The summed E-state index contributed by atoms with van der Waals surface area (Å²) in [5.41, 5.74) is 0.761. The molecule has 0 fully saturated rings. The smallest absolute Gasteiger partial charge is 0.123 e. The normalized spacial score (nSPS) is 13.1. The van der Waals surface area contributed by atoms with Gasteiger partial charge in [0.05, 0.1) is 11.5 Å². The standard InChI is InChI=1S/C14H19FN2/c1-11(12-4-6-13(15)7-5-12)17-9-8-14(2,3)10-16/h4-7,11,17H,8-9H2,1-3H3. The summed E-state index contributed by atoms with van der Waals surface area (Å²) < 4.78 is 12.7. The minimum Gasteiger partial charge on any atom is -0.310 e. The van der Waals surface area contributed by atoms with Crippen LogP contribution in [-0.4, -0.2) is 6.54 Å². The molecule has 3 heteroatoms. The first-order chi connectivity index (χ1) is 7.94. The molecule has 1 aromatic rings. The number of halogens is 1. The Morgan fingerprint density at radius 2 is 1.94 bits per heavy atom. The third-order valence-corrected chi connectivity index (χ3v) is 2.87. The number of benzene rings is 1. The largest absolute Gasteiger partial charge is 0.310 e. The molecule has 92 valence electrons. The van der Waals surface area contributed by atoms with Crippen molar-refractivity contribution < 1.29 is 4.39 Å². The van der Waals surface area contributed by atoms with Gasteiger partial charge in [0.15, 0.2) is 0 Å². The predicted molar refractivity (Wildman–Crippen MR) is 66.8 cm³/mol. The minimum absolute atomic E-state index is 0.171. The second kappa shape index (κ2) is 5.79. The molecule has 0 aliphatic rings. The topological polar surface area (TPSA) is 35.8 Å². The summed E-state index contributed by atoms with van der Waals surface area (Å²) in [5.74, 6) is -0.216. The van der Waals surface area contributed by atoms with Crippen LogP contribution in [0.5, 0.6) is 0 Å². The van der Waals surface area contributed by atoms with Crippen molar-refractivity contribution in [3.8, 4) is 6.07 Å². The average Bonchev–Trinajstić information content (AvgIpc) is 2.29. The van der Waals surface area contributed by atoms with E-state index in [-0.39, 0.29) is 17.3 Å². The zero-order chi connectivity index (χ0) is 12.9. The van der Waals surface area contributed by atoms with Gasteiger partial charge in [0.2, 0.25) is 0 Å². The Kier molecular flexibility index (Phi) is 4.65. The Bertz CT molecular complexity index is 390. The van der Waals surface area contributed by atoms with Crippen molar-refractivity contribution in [2.24, 2.45) is 5.41 Å². The Morgan fingerprint density at radius 1 is 1.35 bits per heavy atom. The van der Waals surface area contributed by atoms with Crippen LogP contribution in [0.25, 0.3) is 0 Å². The first-order valence-corrected chi connectivity index (χ1v) is 5.85. The summed E-state index contributed by atoms with van der Waals surface area (Å²) in [6.45, 7) is 6.67. The number of hydrogen-bond acceptors (Lipinski definition) is 2. The van der Waals surface area contributed by atoms with Gasteiger partial charge in [0, 0.05) is 6.04 Å².